The molecule has 3 unspecified atom stereocenters. The highest BCUT2D eigenvalue weighted by Crippen LogP contribution is 2.24. The average molecular weight is 272 g/mol. The number of carboxylic acid groups (broad SMARTS) is 1. The number of hydrogen-bond acceptors (Lipinski definition) is 4. The lowest BCUT2D eigenvalue weighted by Crippen LogP contribution is -2.51. The number of amides is 2. The van der Waals surface area contributed by atoms with Crippen molar-refractivity contribution in [1.82, 2.24) is 10.2 Å². The maximum absolute atomic E-state index is 12.0. The van der Waals surface area contributed by atoms with Crippen LogP contribution in [0, 0.1) is 5.92 Å². The van der Waals surface area contributed by atoms with Crippen LogP contribution in [0.2, 0.25) is 0 Å². The topological polar surface area (TPSA) is 95.9 Å². The van der Waals surface area contributed by atoms with Gasteiger partial charge in [-0.2, -0.15) is 0 Å². The zero-order chi connectivity index (χ0) is 14.6. The average Bonchev–Trinajstić information content (AvgIpc) is 2.71. The van der Waals surface area contributed by atoms with Gasteiger partial charge in [-0.1, -0.05) is 6.92 Å². The third-order valence-corrected chi connectivity index (χ3v) is 3.19. The molecule has 1 aliphatic heterocycles. The zero-order valence-corrected chi connectivity index (χ0v) is 11.4. The molecule has 2 N–H and O–H groups in total. The number of rotatable bonds is 4. The van der Waals surface area contributed by atoms with Gasteiger partial charge in [0.15, 0.2) is 0 Å². The van der Waals surface area contributed by atoms with Gasteiger partial charge in [-0.3, -0.25) is 0 Å². The van der Waals surface area contributed by atoms with Crippen LogP contribution < -0.4 is 5.32 Å². The van der Waals surface area contributed by atoms with Crippen LogP contribution in [0.1, 0.15) is 27.2 Å². The van der Waals surface area contributed by atoms with E-state index in [4.69, 9.17) is 9.84 Å². The van der Waals surface area contributed by atoms with Crippen molar-refractivity contribution < 1.29 is 24.2 Å². The Labute approximate surface area is 111 Å². The Balaban J connectivity index is 2.63. The van der Waals surface area contributed by atoms with Crippen LogP contribution in [0.3, 0.4) is 0 Å². The lowest BCUT2D eigenvalue weighted by Gasteiger charge is -2.25. The summed E-state index contributed by atoms with van der Waals surface area (Å²) < 4.78 is 4.77. The molecule has 0 spiro atoms. The van der Waals surface area contributed by atoms with Crippen molar-refractivity contribution in [3.8, 4) is 0 Å². The Hall–Kier alpha value is -1.79. The van der Waals surface area contributed by atoms with Gasteiger partial charge in [-0.15, -0.1) is 0 Å². The van der Waals surface area contributed by atoms with Crippen molar-refractivity contribution in [3.63, 3.8) is 0 Å². The minimum atomic E-state index is -1.02. The summed E-state index contributed by atoms with van der Waals surface area (Å²) in [6.45, 7) is 5.58. The number of likely N-dealkylation sites (tertiary alicyclic amines) is 1. The highest BCUT2D eigenvalue weighted by Gasteiger charge is 2.40. The third-order valence-electron chi connectivity index (χ3n) is 3.19. The van der Waals surface area contributed by atoms with Gasteiger partial charge < -0.3 is 20.1 Å². The van der Waals surface area contributed by atoms with Crippen LogP contribution in [0.25, 0.3) is 0 Å². The largest absolute Gasteiger partial charge is 0.480 e. The van der Waals surface area contributed by atoms with Gasteiger partial charge >= 0.3 is 18.0 Å². The fraction of sp³-hybridized carbons (Fsp3) is 0.750. The minimum Gasteiger partial charge on any atom is -0.480 e. The van der Waals surface area contributed by atoms with Crippen molar-refractivity contribution >= 4 is 18.0 Å². The number of urea groups is 1. The molecule has 2 amide bonds. The van der Waals surface area contributed by atoms with Gasteiger partial charge in [0, 0.05) is 6.54 Å². The number of carboxylic acids is 1. The van der Waals surface area contributed by atoms with Gasteiger partial charge in [0.25, 0.3) is 0 Å². The van der Waals surface area contributed by atoms with E-state index < -0.39 is 30.1 Å². The summed E-state index contributed by atoms with van der Waals surface area (Å²) in [5.74, 6) is -1.65. The fourth-order valence-corrected chi connectivity index (χ4v) is 2.15. The molecule has 7 nitrogen and oxygen atoms in total. The number of nitrogens with zero attached hydrogens (tertiary/aromatic N) is 1. The third kappa shape index (κ3) is 3.59. The summed E-state index contributed by atoms with van der Waals surface area (Å²) in [6.07, 6.45) is 0.637. The molecule has 1 saturated heterocycles. The molecule has 0 aromatic carbocycles. The monoisotopic (exact) mass is 272 g/mol. The van der Waals surface area contributed by atoms with Crippen molar-refractivity contribution in [1.29, 1.82) is 0 Å². The van der Waals surface area contributed by atoms with E-state index in [0.717, 1.165) is 0 Å². The number of nitrogens with one attached hydrogen (secondary N) is 1. The first-order chi connectivity index (χ1) is 8.88. The van der Waals surface area contributed by atoms with E-state index in [-0.39, 0.29) is 12.5 Å². The summed E-state index contributed by atoms with van der Waals surface area (Å²) in [5.41, 5.74) is 0. The number of ether oxygens (including phenoxy) is 1. The van der Waals surface area contributed by atoms with Crippen LogP contribution in [0.15, 0.2) is 0 Å². The second-order valence-corrected chi connectivity index (χ2v) is 4.67. The van der Waals surface area contributed by atoms with Crippen LogP contribution >= 0.6 is 0 Å². The first-order valence-electron chi connectivity index (χ1n) is 6.35. The molecule has 0 radical (unpaired) electrons. The van der Waals surface area contributed by atoms with E-state index in [0.29, 0.717) is 13.0 Å². The molecule has 1 rings (SSSR count). The number of aliphatic carboxylic acids is 1. The van der Waals surface area contributed by atoms with Crippen molar-refractivity contribution in [3.05, 3.63) is 0 Å². The Bertz CT molecular complexity index is 371. The second-order valence-electron chi connectivity index (χ2n) is 4.67. The van der Waals surface area contributed by atoms with Gasteiger partial charge in [0.1, 0.15) is 12.1 Å². The Morgan fingerprint density at radius 2 is 2.11 bits per heavy atom. The fourth-order valence-electron chi connectivity index (χ4n) is 2.15. The standard InChI is InChI=1S/C12H20N2O5/c1-4-19-11(17)8(3)13-12(18)14-6-5-7(2)9(14)10(15)16/h7-9H,4-6H2,1-3H3,(H,13,18)(H,15,16). The molecule has 1 aliphatic rings. The maximum atomic E-state index is 12.0. The quantitative estimate of drug-likeness (QED) is 0.724. The Morgan fingerprint density at radius 1 is 1.47 bits per heavy atom. The SMILES string of the molecule is CCOC(=O)C(C)NC(=O)N1CCC(C)C1C(=O)O. The van der Waals surface area contributed by atoms with E-state index >= 15 is 0 Å². The van der Waals surface area contributed by atoms with E-state index in [1.165, 1.54) is 11.8 Å². The van der Waals surface area contributed by atoms with E-state index in [2.05, 4.69) is 5.32 Å². The highest BCUT2D eigenvalue weighted by molar-refractivity contribution is 5.87. The summed E-state index contributed by atoms with van der Waals surface area (Å²) in [4.78, 5) is 35.8. The van der Waals surface area contributed by atoms with Gasteiger partial charge in [-0.25, -0.2) is 14.4 Å². The molecule has 1 fully saturated rings. The molecule has 0 aromatic rings. The molecule has 19 heavy (non-hydrogen) atoms. The Kier molecular flexibility index (Phi) is 5.14. The maximum Gasteiger partial charge on any atom is 0.328 e. The molecule has 0 aromatic heterocycles. The van der Waals surface area contributed by atoms with E-state index in [9.17, 15) is 14.4 Å². The normalized spacial score (nSPS) is 23.8. The van der Waals surface area contributed by atoms with E-state index in [1.54, 1.807) is 13.8 Å². The Morgan fingerprint density at radius 3 is 2.63 bits per heavy atom. The summed E-state index contributed by atoms with van der Waals surface area (Å²) >= 11 is 0. The lowest BCUT2D eigenvalue weighted by atomic mass is 10.0. The number of hydrogen-bond donors (Lipinski definition) is 2. The van der Waals surface area contributed by atoms with Crippen molar-refractivity contribution in [2.24, 2.45) is 5.92 Å². The zero-order valence-electron chi connectivity index (χ0n) is 11.4. The molecule has 3 atom stereocenters. The predicted octanol–water partition coefficient (Wildman–Crippen LogP) is 0.443. The van der Waals surface area contributed by atoms with E-state index in [1.807, 2.05) is 0 Å². The second kappa shape index (κ2) is 6.40. The predicted molar refractivity (Wildman–Crippen MR) is 66.5 cm³/mol. The van der Waals surface area contributed by atoms with Gasteiger partial charge in [-0.05, 0) is 26.2 Å². The number of esters is 1. The van der Waals surface area contributed by atoms with Crippen LogP contribution in [0.4, 0.5) is 4.79 Å². The smallest absolute Gasteiger partial charge is 0.328 e. The molecular formula is C12H20N2O5. The van der Waals surface area contributed by atoms with Crippen LogP contribution in [-0.4, -0.2) is 53.2 Å². The first-order valence-corrected chi connectivity index (χ1v) is 6.35. The summed E-state index contributed by atoms with van der Waals surface area (Å²) in [6, 6.07) is -2.18. The molecule has 7 heteroatoms. The summed E-state index contributed by atoms with van der Waals surface area (Å²) in [5, 5.41) is 11.6. The minimum absolute atomic E-state index is 0.0962. The number of carbonyl (C=O) groups is 3. The highest BCUT2D eigenvalue weighted by atomic mass is 16.5. The summed E-state index contributed by atoms with van der Waals surface area (Å²) in [7, 11) is 0. The van der Waals surface area contributed by atoms with Gasteiger partial charge in [0.05, 0.1) is 6.61 Å². The first kappa shape index (κ1) is 15.3. The molecular weight excluding hydrogens is 252 g/mol. The molecule has 0 aliphatic carbocycles. The molecule has 1 heterocycles. The van der Waals surface area contributed by atoms with Crippen LogP contribution in [0.5, 0.6) is 0 Å². The van der Waals surface area contributed by atoms with Crippen molar-refractivity contribution in [2.45, 2.75) is 39.3 Å². The van der Waals surface area contributed by atoms with Crippen molar-refractivity contribution in [2.75, 3.05) is 13.2 Å². The lowest BCUT2D eigenvalue weighted by molar-refractivity contribution is -0.144. The molecule has 0 bridgehead atoms. The molecule has 0 saturated carbocycles. The molecule has 108 valence electrons. The van der Waals surface area contributed by atoms with Crippen LogP contribution in [-0.2, 0) is 14.3 Å². The van der Waals surface area contributed by atoms with Gasteiger partial charge in [0.2, 0.25) is 0 Å². The number of carbonyl (C=O) groups excluding carboxylic acids is 2.